The molecule has 0 fully saturated rings. The van der Waals surface area contributed by atoms with Crippen molar-refractivity contribution < 1.29 is 9.76 Å². The van der Waals surface area contributed by atoms with Gasteiger partial charge in [0, 0.05) is 12.1 Å². The minimum absolute atomic E-state index is 0.0114. The van der Waals surface area contributed by atoms with Crippen LogP contribution in [-0.4, -0.2) is 4.92 Å². The second kappa shape index (κ2) is 3.51. The van der Waals surface area contributed by atoms with Crippen LogP contribution in [0.1, 0.15) is 0 Å². The zero-order chi connectivity index (χ0) is 9.14. The molecule has 64 valence electrons. The van der Waals surface area contributed by atoms with E-state index in [0.29, 0.717) is 10.2 Å². The summed E-state index contributed by atoms with van der Waals surface area (Å²) in [5.74, 6) is 5.24. The van der Waals surface area contributed by atoms with Gasteiger partial charge >= 0.3 is 0 Å². The fourth-order valence-corrected chi connectivity index (χ4v) is 1.16. The Hall–Kier alpha value is -1.14. The smallest absolute Gasteiger partial charge is 0.270 e. The highest BCUT2D eigenvalue weighted by molar-refractivity contribution is 9.10. The topological polar surface area (TPSA) is 78.4 Å². The maximum Gasteiger partial charge on any atom is 0.270 e. The molecule has 0 bridgehead atoms. The van der Waals surface area contributed by atoms with Gasteiger partial charge in [-0.1, -0.05) is 0 Å². The molecule has 0 aliphatic rings. The van der Waals surface area contributed by atoms with Gasteiger partial charge in [-0.2, -0.15) is 5.90 Å². The highest BCUT2D eigenvalue weighted by Gasteiger charge is 2.08. The normalized spacial score (nSPS) is 9.50. The minimum atomic E-state index is -0.495. The van der Waals surface area contributed by atoms with Crippen molar-refractivity contribution >= 4 is 21.6 Å². The second-order valence-corrected chi connectivity index (χ2v) is 2.84. The average molecular weight is 233 g/mol. The molecule has 1 rings (SSSR count). The molecule has 0 amide bonds. The van der Waals surface area contributed by atoms with E-state index in [1.54, 1.807) is 0 Å². The molecular weight excluding hydrogens is 228 g/mol. The summed E-state index contributed by atoms with van der Waals surface area (Å²) in [6.45, 7) is 0. The van der Waals surface area contributed by atoms with E-state index in [1.165, 1.54) is 18.2 Å². The third-order valence-electron chi connectivity index (χ3n) is 1.25. The zero-order valence-corrected chi connectivity index (χ0v) is 7.45. The van der Waals surface area contributed by atoms with Crippen molar-refractivity contribution in [2.75, 3.05) is 0 Å². The largest absolute Gasteiger partial charge is 0.410 e. The maximum absolute atomic E-state index is 10.3. The van der Waals surface area contributed by atoms with E-state index < -0.39 is 4.92 Å². The summed E-state index contributed by atoms with van der Waals surface area (Å²) in [7, 11) is 0. The van der Waals surface area contributed by atoms with Crippen LogP contribution < -0.4 is 10.7 Å². The maximum atomic E-state index is 10.3. The number of benzene rings is 1. The van der Waals surface area contributed by atoms with Crippen LogP contribution in [0.3, 0.4) is 0 Å². The van der Waals surface area contributed by atoms with E-state index in [4.69, 9.17) is 5.90 Å². The standard InChI is InChI=1S/C6H5BrN2O3/c7-5-3-4(9(10)11)1-2-6(5)12-8/h1-3H,8H2. The molecule has 2 N–H and O–H groups in total. The van der Waals surface area contributed by atoms with Crippen molar-refractivity contribution in [3.05, 3.63) is 32.8 Å². The lowest BCUT2D eigenvalue weighted by molar-refractivity contribution is -0.385. The minimum Gasteiger partial charge on any atom is -0.410 e. The molecule has 1 aromatic carbocycles. The van der Waals surface area contributed by atoms with Crippen LogP contribution in [0.2, 0.25) is 0 Å². The summed E-state index contributed by atoms with van der Waals surface area (Å²) in [6.07, 6.45) is 0. The molecule has 12 heavy (non-hydrogen) atoms. The first-order valence-corrected chi connectivity index (χ1v) is 3.75. The van der Waals surface area contributed by atoms with Gasteiger partial charge in [-0.25, -0.2) is 0 Å². The van der Waals surface area contributed by atoms with E-state index in [1.807, 2.05) is 0 Å². The van der Waals surface area contributed by atoms with Gasteiger partial charge in [-0.3, -0.25) is 10.1 Å². The van der Waals surface area contributed by atoms with E-state index in [2.05, 4.69) is 20.8 Å². The summed E-state index contributed by atoms with van der Waals surface area (Å²) in [6, 6.07) is 4.05. The number of nitrogens with zero attached hydrogens (tertiary/aromatic N) is 1. The number of non-ortho nitro benzene ring substituents is 1. The highest BCUT2D eigenvalue weighted by atomic mass is 79.9. The average Bonchev–Trinajstić information content (AvgIpc) is 2.04. The van der Waals surface area contributed by atoms with E-state index >= 15 is 0 Å². The van der Waals surface area contributed by atoms with Gasteiger partial charge in [0.15, 0.2) is 5.75 Å². The molecule has 0 spiro atoms. The van der Waals surface area contributed by atoms with Gasteiger partial charge in [0.05, 0.1) is 9.40 Å². The molecule has 0 aromatic heterocycles. The summed E-state index contributed by atoms with van der Waals surface area (Å²) >= 11 is 3.07. The first kappa shape index (κ1) is 8.95. The van der Waals surface area contributed by atoms with Gasteiger partial charge < -0.3 is 4.84 Å². The van der Waals surface area contributed by atoms with Crippen LogP contribution in [0.15, 0.2) is 22.7 Å². The number of nitrogens with two attached hydrogens (primary N) is 1. The number of hydrogen-bond donors (Lipinski definition) is 1. The Morgan fingerprint density at radius 1 is 1.58 bits per heavy atom. The van der Waals surface area contributed by atoms with Gasteiger partial charge in [-0.15, -0.1) is 0 Å². The lowest BCUT2D eigenvalue weighted by Crippen LogP contribution is -2.02. The number of nitro benzene ring substituents is 1. The van der Waals surface area contributed by atoms with Gasteiger partial charge in [-0.05, 0) is 22.0 Å². The van der Waals surface area contributed by atoms with Crippen LogP contribution in [0.25, 0.3) is 0 Å². The number of nitro groups is 1. The summed E-state index contributed by atoms with van der Waals surface area (Å²) in [4.78, 5) is 14.2. The number of rotatable bonds is 2. The number of halogens is 1. The Balaban J connectivity index is 3.10. The molecule has 0 aliphatic heterocycles. The summed E-state index contributed by atoms with van der Waals surface area (Å²) in [5.41, 5.74) is -0.0114. The monoisotopic (exact) mass is 232 g/mol. The van der Waals surface area contributed by atoms with Gasteiger partial charge in [0.2, 0.25) is 0 Å². The van der Waals surface area contributed by atoms with Crippen LogP contribution >= 0.6 is 15.9 Å². The molecule has 5 nitrogen and oxygen atoms in total. The first-order valence-electron chi connectivity index (χ1n) is 2.96. The Morgan fingerprint density at radius 3 is 2.67 bits per heavy atom. The van der Waals surface area contributed by atoms with Crippen molar-refractivity contribution in [2.24, 2.45) is 5.90 Å². The highest BCUT2D eigenvalue weighted by Crippen LogP contribution is 2.27. The zero-order valence-electron chi connectivity index (χ0n) is 5.86. The lowest BCUT2D eigenvalue weighted by atomic mass is 10.3. The fraction of sp³-hybridized carbons (Fsp3) is 0. The predicted octanol–water partition coefficient (Wildman–Crippen LogP) is 1.61. The van der Waals surface area contributed by atoms with E-state index in [-0.39, 0.29) is 5.69 Å². The Kier molecular flexibility index (Phi) is 2.61. The van der Waals surface area contributed by atoms with Gasteiger partial charge in [0.1, 0.15) is 0 Å². The van der Waals surface area contributed by atoms with Crippen LogP contribution in [0.4, 0.5) is 5.69 Å². The van der Waals surface area contributed by atoms with Crippen molar-refractivity contribution in [3.63, 3.8) is 0 Å². The predicted molar refractivity (Wildman–Crippen MR) is 45.6 cm³/mol. The number of hydrogen-bond acceptors (Lipinski definition) is 4. The Labute approximate surface area is 76.4 Å². The van der Waals surface area contributed by atoms with Crippen molar-refractivity contribution in [1.82, 2.24) is 0 Å². The molecule has 0 unspecified atom stereocenters. The third-order valence-corrected chi connectivity index (χ3v) is 1.87. The second-order valence-electron chi connectivity index (χ2n) is 1.99. The van der Waals surface area contributed by atoms with E-state index in [9.17, 15) is 10.1 Å². The molecule has 0 saturated carbocycles. The fourth-order valence-electron chi connectivity index (χ4n) is 0.699. The van der Waals surface area contributed by atoms with E-state index in [0.717, 1.165) is 0 Å². The Bertz CT molecular complexity index is 316. The molecule has 0 aliphatic carbocycles. The van der Waals surface area contributed by atoms with Crippen molar-refractivity contribution in [2.45, 2.75) is 0 Å². The molecule has 0 heterocycles. The van der Waals surface area contributed by atoms with Crippen molar-refractivity contribution in [1.29, 1.82) is 0 Å². The van der Waals surface area contributed by atoms with Crippen molar-refractivity contribution in [3.8, 4) is 5.75 Å². The molecule has 0 saturated heterocycles. The SMILES string of the molecule is NOc1ccc([N+](=O)[O-])cc1Br. The van der Waals surface area contributed by atoms with Gasteiger partial charge in [0.25, 0.3) is 5.69 Å². The molecule has 0 radical (unpaired) electrons. The lowest BCUT2D eigenvalue weighted by Gasteiger charge is -1.99. The molecular formula is C6H5BrN2O3. The summed E-state index contributed by atoms with van der Waals surface area (Å²) < 4.78 is 0.458. The summed E-state index contributed by atoms with van der Waals surface area (Å²) in [5, 5.41) is 10.3. The third kappa shape index (κ3) is 1.72. The first-order chi connectivity index (χ1) is 5.65. The van der Waals surface area contributed by atoms with Crippen LogP contribution in [0, 0.1) is 10.1 Å². The molecule has 0 atom stereocenters. The van der Waals surface area contributed by atoms with Crippen LogP contribution in [-0.2, 0) is 0 Å². The van der Waals surface area contributed by atoms with Crippen LogP contribution in [0.5, 0.6) is 5.75 Å². The molecule has 6 heteroatoms. The quantitative estimate of drug-likeness (QED) is 0.621. The Morgan fingerprint density at radius 2 is 2.25 bits per heavy atom. The molecule has 1 aromatic rings.